The predicted molar refractivity (Wildman–Crippen MR) is 86.8 cm³/mol. The lowest BCUT2D eigenvalue weighted by Crippen LogP contribution is -2.63. The number of ketones is 1. The van der Waals surface area contributed by atoms with Gasteiger partial charge in [0.25, 0.3) is 0 Å². The van der Waals surface area contributed by atoms with Crippen molar-refractivity contribution in [3.63, 3.8) is 0 Å². The van der Waals surface area contributed by atoms with Crippen LogP contribution in [-0.4, -0.2) is 29.7 Å². The summed E-state index contributed by atoms with van der Waals surface area (Å²) in [7, 11) is 1.68. The van der Waals surface area contributed by atoms with Crippen molar-refractivity contribution in [3.05, 3.63) is 0 Å². The van der Waals surface area contributed by atoms with Crippen molar-refractivity contribution in [1.29, 1.82) is 0 Å². The first-order valence-electron chi connectivity index (χ1n) is 9.65. The van der Waals surface area contributed by atoms with Crippen LogP contribution in [0.2, 0.25) is 0 Å². The van der Waals surface area contributed by atoms with E-state index in [0.29, 0.717) is 23.7 Å². The van der Waals surface area contributed by atoms with Crippen molar-refractivity contribution in [2.45, 2.75) is 76.9 Å². The Morgan fingerprint density at radius 3 is 2.48 bits per heavy atom. The number of aliphatic hydroxyl groups is 1. The average Bonchev–Trinajstić information content (AvgIpc) is 3.16. The van der Waals surface area contributed by atoms with Crippen LogP contribution in [0.4, 0.5) is 0 Å². The van der Waals surface area contributed by atoms with Crippen LogP contribution in [0, 0.1) is 34.0 Å². The minimum absolute atomic E-state index is 0.103. The lowest BCUT2D eigenvalue weighted by Gasteiger charge is -2.61. The second-order valence-electron chi connectivity index (χ2n) is 9.67. The Hall–Kier alpha value is -0.410. The Kier molecular flexibility index (Phi) is 2.62. The van der Waals surface area contributed by atoms with E-state index < -0.39 is 5.60 Å². The van der Waals surface area contributed by atoms with Gasteiger partial charge in [-0.1, -0.05) is 26.7 Å². The summed E-state index contributed by atoms with van der Waals surface area (Å²) >= 11 is 0. The Morgan fingerprint density at radius 1 is 1.13 bits per heavy atom. The summed E-state index contributed by atoms with van der Waals surface area (Å²) in [5, 5.41) is 12.0. The van der Waals surface area contributed by atoms with E-state index in [1.807, 2.05) is 0 Å². The van der Waals surface area contributed by atoms with Crippen LogP contribution in [0.1, 0.15) is 65.2 Å². The molecule has 0 aromatic carbocycles. The monoisotopic (exact) mass is 318 g/mol. The van der Waals surface area contributed by atoms with Gasteiger partial charge in [-0.3, -0.25) is 4.79 Å². The van der Waals surface area contributed by atoms with E-state index >= 15 is 0 Å². The molecule has 0 aliphatic heterocycles. The number of hydrogen-bond acceptors (Lipinski definition) is 3. The number of fused-ring (bicyclic) bond motifs is 2. The van der Waals surface area contributed by atoms with Crippen molar-refractivity contribution >= 4 is 5.78 Å². The van der Waals surface area contributed by atoms with E-state index in [2.05, 4.69) is 13.8 Å². The molecular weight excluding hydrogens is 288 g/mol. The molecule has 5 aliphatic rings. The molecule has 128 valence electrons. The molecule has 0 aromatic rings. The first kappa shape index (κ1) is 14.9. The molecule has 1 N–H and O–H groups in total. The van der Waals surface area contributed by atoms with E-state index in [0.717, 1.165) is 6.42 Å². The quantitative estimate of drug-likeness (QED) is 0.806. The lowest BCUT2D eigenvalue weighted by atomic mass is 9.44. The van der Waals surface area contributed by atoms with Gasteiger partial charge < -0.3 is 9.84 Å². The normalized spacial score (nSPS) is 59.0. The van der Waals surface area contributed by atoms with Gasteiger partial charge in [0, 0.05) is 18.9 Å². The summed E-state index contributed by atoms with van der Waals surface area (Å²) in [5.41, 5.74) is -0.633. The largest absolute Gasteiger partial charge is 0.386 e. The van der Waals surface area contributed by atoms with Crippen LogP contribution in [0.15, 0.2) is 0 Å². The second-order valence-corrected chi connectivity index (χ2v) is 9.67. The minimum atomic E-state index is -0.933. The van der Waals surface area contributed by atoms with Gasteiger partial charge in [0.1, 0.15) is 11.4 Å². The van der Waals surface area contributed by atoms with E-state index in [-0.39, 0.29) is 28.6 Å². The molecule has 5 rings (SSSR count). The molecule has 23 heavy (non-hydrogen) atoms. The highest BCUT2D eigenvalue weighted by molar-refractivity contribution is 5.88. The van der Waals surface area contributed by atoms with Crippen molar-refractivity contribution in [2.75, 3.05) is 7.11 Å². The van der Waals surface area contributed by atoms with Crippen molar-refractivity contribution in [3.8, 4) is 0 Å². The van der Waals surface area contributed by atoms with Crippen LogP contribution in [0.5, 0.6) is 0 Å². The minimum Gasteiger partial charge on any atom is -0.386 e. The summed E-state index contributed by atoms with van der Waals surface area (Å²) in [5.74, 6) is 1.03. The lowest BCUT2D eigenvalue weighted by molar-refractivity contribution is -0.221. The highest BCUT2D eigenvalue weighted by Gasteiger charge is 2.87. The van der Waals surface area contributed by atoms with Gasteiger partial charge in [0.15, 0.2) is 0 Å². The van der Waals surface area contributed by atoms with Gasteiger partial charge in [-0.15, -0.1) is 0 Å². The third kappa shape index (κ3) is 1.19. The summed E-state index contributed by atoms with van der Waals surface area (Å²) in [6, 6.07) is 0. The molecule has 0 radical (unpaired) electrons. The smallest absolute Gasteiger partial charge is 0.141 e. The fourth-order valence-electron chi connectivity index (χ4n) is 9.04. The molecule has 3 nitrogen and oxygen atoms in total. The van der Waals surface area contributed by atoms with Gasteiger partial charge in [-0.25, -0.2) is 0 Å². The zero-order valence-electron chi connectivity index (χ0n) is 14.7. The number of carbonyl (C=O) groups excluding carboxylic acids is 1. The fraction of sp³-hybridized carbons (Fsp3) is 0.950. The zero-order chi connectivity index (χ0) is 16.3. The van der Waals surface area contributed by atoms with Gasteiger partial charge >= 0.3 is 0 Å². The predicted octanol–water partition coefficient (Wildman–Crippen LogP) is 3.34. The van der Waals surface area contributed by atoms with Crippen molar-refractivity contribution < 1.29 is 14.6 Å². The molecule has 7 atom stereocenters. The average molecular weight is 318 g/mol. The third-order valence-electron chi connectivity index (χ3n) is 10.0. The number of Topliss-reactive ketones (excluding diaryl/α,β-unsaturated/α-hetero) is 1. The molecule has 5 saturated carbocycles. The Bertz CT molecular complexity index is 579. The van der Waals surface area contributed by atoms with E-state index in [1.54, 1.807) is 7.11 Å². The van der Waals surface area contributed by atoms with Crippen LogP contribution in [-0.2, 0) is 9.53 Å². The maximum atomic E-state index is 12.9. The summed E-state index contributed by atoms with van der Waals surface area (Å²) in [6.07, 6.45) is 9.09. The molecule has 4 bridgehead atoms. The Labute approximate surface area is 139 Å². The van der Waals surface area contributed by atoms with Gasteiger partial charge in [-0.2, -0.15) is 0 Å². The summed E-state index contributed by atoms with van der Waals surface area (Å²) < 4.78 is 5.71. The van der Waals surface area contributed by atoms with Gasteiger partial charge in [-0.05, 0) is 54.8 Å². The molecule has 0 amide bonds. The number of ether oxygens (including phenoxy) is 1. The Morgan fingerprint density at radius 2 is 1.83 bits per heavy atom. The van der Waals surface area contributed by atoms with E-state index in [4.69, 9.17) is 4.74 Å². The molecule has 0 saturated heterocycles. The van der Waals surface area contributed by atoms with Gasteiger partial charge in [0.05, 0.1) is 12.0 Å². The molecule has 5 fully saturated rings. The number of methoxy groups -OCH3 is 1. The van der Waals surface area contributed by atoms with Crippen molar-refractivity contribution in [2.24, 2.45) is 34.0 Å². The molecule has 0 aromatic heterocycles. The first-order valence-corrected chi connectivity index (χ1v) is 9.65. The maximum Gasteiger partial charge on any atom is 0.141 e. The summed E-state index contributed by atoms with van der Waals surface area (Å²) in [4.78, 5) is 12.9. The molecule has 3 heteroatoms. The Balaban J connectivity index is 1.75. The number of rotatable bonds is 1. The van der Waals surface area contributed by atoms with Crippen LogP contribution >= 0.6 is 0 Å². The summed E-state index contributed by atoms with van der Waals surface area (Å²) in [6.45, 7) is 4.79. The first-order chi connectivity index (χ1) is 10.9. The van der Waals surface area contributed by atoms with Crippen LogP contribution in [0.3, 0.4) is 0 Å². The molecule has 0 unspecified atom stereocenters. The molecule has 0 heterocycles. The highest BCUT2D eigenvalue weighted by atomic mass is 16.5. The SMILES string of the molecule is CO[C@@H]1CC(=O)[C@@H]2[C@@H]3C[C@H]4CCC5(CCCC5)[C@]3(C)[C@@]4(C)[C@]21O. The standard InChI is InChI=1S/C20H30O3/c1-17-12-6-9-19(7-4-5-8-19)18(17,2)13(10-12)16-14(21)11-15(23-3)20(16,17)22/h12-13,15-16,22H,4-11H2,1-3H3/t12-,13+,15-,16+,17+,18+,20-/m1/s1. The van der Waals surface area contributed by atoms with Crippen molar-refractivity contribution in [1.82, 2.24) is 0 Å². The van der Waals surface area contributed by atoms with Crippen LogP contribution in [0.25, 0.3) is 0 Å². The molecule has 1 spiro atoms. The van der Waals surface area contributed by atoms with E-state index in [1.165, 1.54) is 38.5 Å². The topological polar surface area (TPSA) is 46.5 Å². The second kappa shape index (κ2) is 4.04. The number of hydrogen-bond donors (Lipinski definition) is 1. The highest BCUT2D eigenvalue weighted by Crippen LogP contribution is 2.86. The molecular formula is C20H30O3. The van der Waals surface area contributed by atoms with E-state index in [9.17, 15) is 9.90 Å². The zero-order valence-corrected chi connectivity index (χ0v) is 14.7. The number of carbonyl (C=O) groups is 1. The fourth-order valence-corrected chi connectivity index (χ4v) is 9.04. The maximum absolute atomic E-state index is 12.9. The third-order valence-corrected chi connectivity index (χ3v) is 10.0. The van der Waals surface area contributed by atoms with Gasteiger partial charge in [0.2, 0.25) is 0 Å². The van der Waals surface area contributed by atoms with Crippen LogP contribution < -0.4 is 0 Å². The molecule has 5 aliphatic carbocycles.